The topological polar surface area (TPSA) is 50.2 Å². The van der Waals surface area contributed by atoms with Crippen molar-refractivity contribution in [2.45, 2.75) is 16.8 Å². The lowest BCUT2D eigenvalue weighted by atomic mass is 10.2. The fraction of sp³-hybridized carbons (Fsp3) is 0.0769. The van der Waals surface area contributed by atoms with E-state index in [0.29, 0.717) is 0 Å². The molecular formula is C13H10ClNO2S. The number of aryl methyl sites for hydroxylation is 1. The van der Waals surface area contributed by atoms with E-state index in [4.69, 9.17) is 16.7 Å². The minimum absolute atomic E-state index is 0.107. The molecule has 5 heteroatoms. The minimum Gasteiger partial charge on any atom is -0.478 e. The molecule has 3 nitrogen and oxygen atoms in total. The molecule has 0 aliphatic heterocycles. The van der Waals surface area contributed by atoms with Gasteiger partial charge in [0.25, 0.3) is 0 Å². The van der Waals surface area contributed by atoms with Crippen LogP contribution in [0.5, 0.6) is 0 Å². The van der Waals surface area contributed by atoms with Crippen LogP contribution in [-0.4, -0.2) is 16.1 Å². The molecule has 0 aliphatic rings. The molecule has 0 unspecified atom stereocenters. The fourth-order valence-corrected chi connectivity index (χ4v) is 2.50. The highest BCUT2D eigenvalue weighted by Crippen LogP contribution is 2.30. The Hall–Kier alpha value is -1.52. The van der Waals surface area contributed by atoms with E-state index in [-0.39, 0.29) is 10.6 Å². The van der Waals surface area contributed by atoms with Crippen LogP contribution in [0.15, 0.2) is 46.5 Å². The summed E-state index contributed by atoms with van der Waals surface area (Å²) in [7, 11) is 0. The first-order valence-corrected chi connectivity index (χ1v) is 6.39. The summed E-state index contributed by atoms with van der Waals surface area (Å²) in [6.45, 7) is 1.96. The Morgan fingerprint density at radius 1 is 1.39 bits per heavy atom. The molecule has 18 heavy (non-hydrogen) atoms. The number of carboxylic acids is 1. The SMILES string of the molecule is Cc1cccnc1Sc1ccc(Cl)c(C(=O)O)c1. The first-order chi connectivity index (χ1) is 8.58. The van der Waals surface area contributed by atoms with Gasteiger partial charge in [-0.1, -0.05) is 29.4 Å². The second kappa shape index (κ2) is 5.42. The number of pyridine rings is 1. The molecule has 1 heterocycles. The van der Waals surface area contributed by atoms with E-state index >= 15 is 0 Å². The van der Waals surface area contributed by atoms with Gasteiger partial charge in [0.2, 0.25) is 0 Å². The summed E-state index contributed by atoms with van der Waals surface area (Å²) in [5.74, 6) is -1.03. The zero-order valence-corrected chi connectivity index (χ0v) is 11.1. The lowest BCUT2D eigenvalue weighted by Crippen LogP contribution is -1.97. The second-order valence-electron chi connectivity index (χ2n) is 3.67. The third kappa shape index (κ3) is 2.83. The Kier molecular flexibility index (Phi) is 3.89. The van der Waals surface area contributed by atoms with Crippen molar-refractivity contribution in [1.29, 1.82) is 0 Å². The zero-order chi connectivity index (χ0) is 13.1. The van der Waals surface area contributed by atoms with Gasteiger partial charge in [-0.2, -0.15) is 0 Å². The van der Waals surface area contributed by atoms with Crippen molar-refractivity contribution < 1.29 is 9.90 Å². The summed E-state index contributed by atoms with van der Waals surface area (Å²) in [6.07, 6.45) is 1.71. The number of rotatable bonds is 3. The standard InChI is InChI=1S/C13H10ClNO2S/c1-8-3-2-6-15-12(8)18-9-4-5-11(14)10(7-9)13(16)17/h2-7H,1H3,(H,16,17). The number of carboxylic acid groups (broad SMARTS) is 1. The van der Waals surface area contributed by atoms with Crippen LogP contribution >= 0.6 is 23.4 Å². The van der Waals surface area contributed by atoms with Crippen LogP contribution in [-0.2, 0) is 0 Å². The maximum absolute atomic E-state index is 11.0. The van der Waals surface area contributed by atoms with Crippen molar-refractivity contribution in [2.24, 2.45) is 0 Å². The van der Waals surface area contributed by atoms with Gasteiger partial charge in [0.15, 0.2) is 0 Å². The molecule has 2 rings (SSSR count). The van der Waals surface area contributed by atoms with Gasteiger partial charge in [-0.25, -0.2) is 9.78 Å². The third-order valence-electron chi connectivity index (χ3n) is 2.34. The predicted molar refractivity (Wildman–Crippen MR) is 71.5 cm³/mol. The minimum atomic E-state index is -1.03. The molecule has 0 radical (unpaired) electrons. The van der Waals surface area contributed by atoms with Crippen molar-refractivity contribution in [3.05, 3.63) is 52.7 Å². The van der Waals surface area contributed by atoms with E-state index in [1.165, 1.54) is 11.8 Å². The molecule has 2 aromatic rings. The molecule has 0 atom stereocenters. The first kappa shape index (κ1) is 12.9. The number of carbonyl (C=O) groups is 1. The monoisotopic (exact) mass is 279 g/mol. The fourth-order valence-electron chi connectivity index (χ4n) is 1.42. The molecule has 0 aliphatic carbocycles. The average Bonchev–Trinajstić information content (AvgIpc) is 2.34. The number of hydrogen-bond acceptors (Lipinski definition) is 3. The average molecular weight is 280 g/mol. The van der Waals surface area contributed by atoms with E-state index in [0.717, 1.165) is 15.5 Å². The zero-order valence-electron chi connectivity index (χ0n) is 9.55. The number of nitrogens with zero attached hydrogens (tertiary/aromatic N) is 1. The van der Waals surface area contributed by atoms with Crippen LogP contribution in [0.3, 0.4) is 0 Å². The highest BCUT2D eigenvalue weighted by Gasteiger charge is 2.10. The summed E-state index contributed by atoms with van der Waals surface area (Å²) in [6, 6.07) is 8.76. The summed E-state index contributed by atoms with van der Waals surface area (Å²) >= 11 is 7.24. The van der Waals surface area contributed by atoms with Crippen molar-refractivity contribution in [3.63, 3.8) is 0 Å². The molecular weight excluding hydrogens is 270 g/mol. The number of hydrogen-bond donors (Lipinski definition) is 1. The molecule has 1 aromatic carbocycles. The maximum Gasteiger partial charge on any atom is 0.337 e. The Balaban J connectivity index is 2.33. The molecule has 0 spiro atoms. The van der Waals surface area contributed by atoms with Gasteiger partial charge < -0.3 is 5.11 Å². The van der Waals surface area contributed by atoms with Crippen LogP contribution in [0.2, 0.25) is 5.02 Å². The van der Waals surface area contributed by atoms with E-state index in [2.05, 4.69) is 4.98 Å². The van der Waals surface area contributed by atoms with Gasteiger partial charge in [0, 0.05) is 11.1 Å². The van der Waals surface area contributed by atoms with Crippen LogP contribution < -0.4 is 0 Å². The Labute approximate surface area is 114 Å². The van der Waals surface area contributed by atoms with E-state index in [1.54, 1.807) is 24.4 Å². The first-order valence-electron chi connectivity index (χ1n) is 5.20. The Morgan fingerprint density at radius 3 is 2.83 bits per heavy atom. The van der Waals surface area contributed by atoms with Crippen LogP contribution in [0.25, 0.3) is 0 Å². The number of aromatic nitrogens is 1. The lowest BCUT2D eigenvalue weighted by Gasteiger charge is -2.05. The van der Waals surface area contributed by atoms with Crippen LogP contribution in [0, 0.1) is 6.92 Å². The van der Waals surface area contributed by atoms with E-state index in [1.807, 2.05) is 19.1 Å². The van der Waals surface area contributed by atoms with Gasteiger partial charge in [0.05, 0.1) is 10.6 Å². The van der Waals surface area contributed by atoms with Gasteiger partial charge in [-0.05, 0) is 36.8 Å². The highest BCUT2D eigenvalue weighted by molar-refractivity contribution is 7.99. The predicted octanol–water partition coefficient (Wildman–Crippen LogP) is 3.89. The largest absolute Gasteiger partial charge is 0.478 e. The Morgan fingerprint density at radius 2 is 2.17 bits per heavy atom. The van der Waals surface area contributed by atoms with Crippen molar-refractivity contribution in [3.8, 4) is 0 Å². The second-order valence-corrected chi connectivity index (χ2v) is 5.14. The maximum atomic E-state index is 11.0. The molecule has 0 saturated carbocycles. The van der Waals surface area contributed by atoms with Gasteiger partial charge in [-0.3, -0.25) is 0 Å². The lowest BCUT2D eigenvalue weighted by molar-refractivity contribution is 0.0697. The van der Waals surface area contributed by atoms with Gasteiger partial charge in [-0.15, -0.1) is 0 Å². The molecule has 1 N–H and O–H groups in total. The van der Waals surface area contributed by atoms with Crippen molar-refractivity contribution in [2.75, 3.05) is 0 Å². The van der Waals surface area contributed by atoms with Crippen LogP contribution in [0.1, 0.15) is 15.9 Å². The molecule has 92 valence electrons. The molecule has 0 saturated heterocycles. The number of aromatic carboxylic acids is 1. The van der Waals surface area contributed by atoms with Crippen molar-refractivity contribution >= 4 is 29.3 Å². The normalized spacial score (nSPS) is 10.3. The van der Waals surface area contributed by atoms with Gasteiger partial charge >= 0.3 is 5.97 Å². The molecule has 1 aromatic heterocycles. The number of benzene rings is 1. The molecule has 0 bridgehead atoms. The quantitative estimate of drug-likeness (QED) is 0.926. The summed E-state index contributed by atoms with van der Waals surface area (Å²) < 4.78 is 0. The third-order valence-corrected chi connectivity index (χ3v) is 3.78. The van der Waals surface area contributed by atoms with Crippen molar-refractivity contribution in [1.82, 2.24) is 4.98 Å². The van der Waals surface area contributed by atoms with E-state index < -0.39 is 5.97 Å². The van der Waals surface area contributed by atoms with E-state index in [9.17, 15) is 4.79 Å². The smallest absolute Gasteiger partial charge is 0.337 e. The summed E-state index contributed by atoms with van der Waals surface area (Å²) in [5, 5.41) is 10.1. The molecule has 0 fully saturated rings. The molecule has 0 amide bonds. The van der Waals surface area contributed by atoms with Gasteiger partial charge in [0.1, 0.15) is 5.03 Å². The number of halogens is 1. The Bertz CT molecular complexity index is 601. The highest BCUT2D eigenvalue weighted by atomic mass is 35.5. The summed E-state index contributed by atoms with van der Waals surface area (Å²) in [5.41, 5.74) is 1.16. The summed E-state index contributed by atoms with van der Waals surface area (Å²) in [4.78, 5) is 16.0. The van der Waals surface area contributed by atoms with Crippen LogP contribution in [0.4, 0.5) is 0 Å².